The predicted octanol–water partition coefficient (Wildman–Crippen LogP) is 0.217. The highest BCUT2D eigenvalue weighted by molar-refractivity contribution is 6.00. The summed E-state index contributed by atoms with van der Waals surface area (Å²) in [5.41, 5.74) is 41.4. The third-order valence-corrected chi connectivity index (χ3v) is 20.4. The Balaban J connectivity index is 3.87. The molecule has 37 heteroatoms. The molecule has 0 aromatic heterocycles. The fourth-order valence-electron chi connectivity index (χ4n) is 13.6. The number of aliphatic hydroxyl groups is 1. The molecule has 1 aromatic rings. The number of nitrogens with one attached hydrogen (secondary N) is 13. The molecule has 0 aliphatic carbocycles. The predicted molar refractivity (Wildman–Crippen MR) is 470 cm³/mol. The smallest absolute Gasteiger partial charge is 0.326 e. The van der Waals surface area contributed by atoms with E-state index in [0.717, 1.165) is 0 Å². The SMILES string of the molecule is CC[C@H](C)[C@H](NC(=O)[C@H](CC(C)C)NC(=O)[C@H](CCCCN)NC(=O)[C@H](CCCCN)NC(=O)[C@@H](N)CC(C)C)C(=O)N[C@@H](CCCN=C(N)N)C(=O)N[C@@H](CC(C)C)C(=O)N[C@@H](Cc1ccccc1)C(=O)N[C@H](C(=O)N[C@@H](CCCCN)C(=O)N[C@@H](CC(C)C)C(=O)N[C@@H](CC(C)C)C(=O)N[C@@H](CCCCN)C(=O)N[C@@H](CC(C)C)C(=O)O)[C@@H](C)O. The minimum Gasteiger partial charge on any atom is -0.480 e. The number of hydrogen-bond acceptors (Lipinski definition) is 21. The van der Waals surface area contributed by atoms with Gasteiger partial charge in [-0.25, -0.2) is 4.79 Å². The highest BCUT2D eigenvalue weighted by Crippen LogP contribution is 2.19. The maximum Gasteiger partial charge on any atom is 0.326 e. The van der Waals surface area contributed by atoms with Crippen LogP contribution in [0.25, 0.3) is 0 Å². The van der Waals surface area contributed by atoms with Gasteiger partial charge in [-0.05, 0) is 209 Å². The fourth-order valence-corrected chi connectivity index (χ4v) is 13.6. The molecule has 0 fully saturated rings. The fraction of sp³-hybridized carbons (Fsp3) is 0.753. The van der Waals surface area contributed by atoms with Gasteiger partial charge in [0, 0.05) is 13.0 Å². The van der Waals surface area contributed by atoms with Crippen LogP contribution in [-0.2, 0) is 73.5 Å². The number of nitrogens with two attached hydrogens (primary N) is 7. The van der Waals surface area contributed by atoms with Gasteiger partial charge >= 0.3 is 5.97 Å². The van der Waals surface area contributed by atoms with Crippen LogP contribution >= 0.6 is 0 Å². The number of hydrogen-bond donors (Lipinski definition) is 22. The molecule has 0 aliphatic heterocycles. The maximum absolute atomic E-state index is 15.0. The van der Waals surface area contributed by atoms with Crippen LogP contribution in [0.3, 0.4) is 0 Å². The molecule has 13 amide bonds. The zero-order chi connectivity index (χ0) is 92.5. The zero-order valence-corrected chi connectivity index (χ0v) is 75.3. The lowest BCUT2D eigenvalue weighted by molar-refractivity contribution is -0.143. The lowest BCUT2D eigenvalue weighted by atomic mass is 9.95. The number of amides is 13. The molecule has 29 N–H and O–H groups in total. The van der Waals surface area contributed by atoms with Crippen molar-refractivity contribution in [1.29, 1.82) is 0 Å². The highest BCUT2D eigenvalue weighted by atomic mass is 16.4. The quantitative estimate of drug-likeness (QED) is 0.0236. The molecule has 0 heterocycles. The van der Waals surface area contributed by atoms with Crippen molar-refractivity contribution in [1.82, 2.24) is 69.1 Å². The first-order valence-corrected chi connectivity index (χ1v) is 43.9. The number of rotatable bonds is 64. The molecule has 0 bridgehead atoms. The average Bonchev–Trinajstić information content (AvgIpc) is 0.853. The number of aliphatic carboxylic acids is 1. The van der Waals surface area contributed by atoms with E-state index in [-0.39, 0.29) is 151 Å². The summed E-state index contributed by atoms with van der Waals surface area (Å²) in [7, 11) is 0. The standard InChI is InChI=1S/C85H155N21O16/c1-16-54(14)69(105-80(117)66(45-52(10)11)101-73(110)59(32-21-25-37-87)95-72(109)58(31-20-24-36-86)94-71(108)57(90)41-48(2)3)82(119)97-62(35-28-40-93-85(91)92)75(112)100-65(44-51(8)9)79(116)103-67(47-56-29-18-17-19-30-56)81(118)106-70(55(15)107)83(120)98-61(34-23-27-39-89)74(111)99-64(43-50(6)7)78(115)102-63(42-49(4)5)77(114)96-60(33-22-26-38-88)76(113)104-68(84(121)122)46-53(12)13/h17-19,29-30,48-55,57-70,107H,16,20-28,31-47,86-90H2,1-15H3,(H,94,108)(H,95,109)(H,96,114)(H,97,119)(H,98,120)(H,99,111)(H,100,112)(H,101,110)(H,102,115)(H,103,116)(H,104,113)(H,105,117)(H,106,118)(H,121,122)(H4,91,92,93)/t54-,55+,57-,58-,59-,60-,61-,62-,63-,64-,65-,66-,67-,68-,69-,70-/m0/s1. The number of carbonyl (C=O) groups is 14. The lowest BCUT2D eigenvalue weighted by Gasteiger charge is -2.30. The molecular formula is C85H155N21O16. The van der Waals surface area contributed by atoms with Crippen molar-refractivity contribution in [3.05, 3.63) is 35.9 Å². The molecule has 0 spiro atoms. The molecule has 696 valence electrons. The second kappa shape index (κ2) is 60.4. The van der Waals surface area contributed by atoms with Crippen LogP contribution in [0.15, 0.2) is 35.3 Å². The van der Waals surface area contributed by atoms with Gasteiger partial charge in [-0.1, -0.05) is 134 Å². The number of aliphatic imine (C=N–C) groups is 1. The van der Waals surface area contributed by atoms with Gasteiger partial charge in [0.15, 0.2) is 5.96 Å². The minimum absolute atomic E-state index is 0.00337. The summed E-state index contributed by atoms with van der Waals surface area (Å²) in [5, 5.41) is 56.9. The van der Waals surface area contributed by atoms with Crippen LogP contribution in [0.2, 0.25) is 0 Å². The number of carboxylic acid groups (broad SMARTS) is 1. The van der Waals surface area contributed by atoms with Gasteiger partial charge in [0.1, 0.15) is 78.5 Å². The summed E-state index contributed by atoms with van der Waals surface area (Å²) < 4.78 is 0. The van der Waals surface area contributed by atoms with Crippen molar-refractivity contribution in [3.8, 4) is 0 Å². The van der Waals surface area contributed by atoms with E-state index in [1.165, 1.54) is 6.92 Å². The van der Waals surface area contributed by atoms with Crippen LogP contribution in [0, 0.1) is 41.4 Å². The van der Waals surface area contributed by atoms with E-state index in [1.54, 1.807) is 85.7 Å². The van der Waals surface area contributed by atoms with Crippen LogP contribution < -0.4 is 109 Å². The largest absolute Gasteiger partial charge is 0.480 e. The molecule has 0 aliphatic rings. The van der Waals surface area contributed by atoms with E-state index in [2.05, 4.69) is 74.1 Å². The van der Waals surface area contributed by atoms with Crippen LogP contribution in [0.4, 0.5) is 0 Å². The van der Waals surface area contributed by atoms with Crippen molar-refractivity contribution in [3.63, 3.8) is 0 Å². The Hall–Kier alpha value is -9.17. The van der Waals surface area contributed by atoms with Crippen LogP contribution in [-0.4, -0.2) is 222 Å². The topological polar surface area (TPSA) is 630 Å². The summed E-state index contributed by atoms with van der Waals surface area (Å²) in [6.45, 7) is 27.7. The molecule has 122 heavy (non-hydrogen) atoms. The van der Waals surface area contributed by atoms with Gasteiger partial charge in [-0.3, -0.25) is 67.3 Å². The molecule has 0 saturated heterocycles. The molecule has 1 rings (SSSR count). The molecule has 0 saturated carbocycles. The Kier molecular flexibility index (Phi) is 54.9. The normalized spacial score (nSPS) is 15.5. The van der Waals surface area contributed by atoms with E-state index in [1.807, 2.05) is 41.5 Å². The lowest BCUT2D eigenvalue weighted by Crippen LogP contribution is -2.62. The van der Waals surface area contributed by atoms with E-state index < -0.39 is 179 Å². The van der Waals surface area contributed by atoms with Crippen molar-refractivity contribution in [2.45, 2.75) is 336 Å². The molecule has 0 unspecified atom stereocenters. The third-order valence-electron chi connectivity index (χ3n) is 20.4. The summed E-state index contributed by atoms with van der Waals surface area (Å²) in [5.74, 6) is -13.4. The average molecular weight is 1730 g/mol. The Morgan fingerprint density at radius 3 is 0.902 bits per heavy atom. The number of benzene rings is 1. The number of aliphatic hydroxyl groups excluding tert-OH is 1. The number of carbonyl (C=O) groups excluding carboxylic acids is 13. The summed E-state index contributed by atoms with van der Waals surface area (Å²) in [6.07, 6.45) is 2.86. The van der Waals surface area contributed by atoms with E-state index in [4.69, 9.17) is 40.1 Å². The summed E-state index contributed by atoms with van der Waals surface area (Å²) >= 11 is 0. The van der Waals surface area contributed by atoms with Gasteiger partial charge < -0.3 is 119 Å². The van der Waals surface area contributed by atoms with Crippen LogP contribution in [0.5, 0.6) is 0 Å². The molecule has 16 atom stereocenters. The maximum atomic E-state index is 15.0. The monoisotopic (exact) mass is 1730 g/mol. The molecular weight excluding hydrogens is 1570 g/mol. The number of guanidine groups is 1. The Bertz CT molecular complexity index is 3400. The van der Waals surface area contributed by atoms with E-state index in [9.17, 15) is 72.5 Å². The van der Waals surface area contributed by atoms with Gasteiger partial charge in [-0.15, -0.1) is 0 Å². The van der Waals surface area contributed by atoms with Crippen molar-refractivity contribution in [2.24, 2.45) is 86.6 Å². The minimum atomic E-state index is -1.81. The van der Waals surface area contributed by atoms with Gasteiger partial charge in [0.05, 0.1) is 12.1 Å². The van der Waals surface area contributed by atoms with Gasteiger partial charge in [0.2, 0.25) is 76.8 Å². The number of unbranched alkanes of at least 4 members (excludes halogenated alkanes) is 4. The first-order valence-electron chi connectivity index (χ1n) is 43.9. The van der Waals surface area contributed by atoms with Gasteiger partial charge in [-0.2, -0.15) is 0 Å². The molecule has 1 aromatic carbocycles. The van der Waals surface area contributed by atoms with E-state index in [0.29, 0.717) is 69.9 Å². The second-order valence-corrected chi connectivity index (χ2v) is 34.8. The summed E-state index contributed by atoms with van der Waals surface area (Å²) in [4.78, 5) is 205. The van der Waals surface area contributed by atoms with Gasteiger partial charge in [0.25, 0.3) is 0 Å². The first kappa shape index (κ1) is 111. The molecule has 0 radical (unpaired) electrons. The van der Waals surface area contributed by atoms with Crippen molar-refractivity contribution >= 4 is 88.7 Å². The van der Waals surface area contributed by atoms with Crippen molar-refractivity contribution in [2.75, 3.05) is 32.7 Å². The van der Waals surface area contributed by atoms with Crippen molar-refractivity contribution < 1.29 is 77.3 Å². The number of carboxylic acids is 1. The number of nitrogens with zero attached hydrogens (tertiary/aromatic N) is 1. The van der Waals surface area contributed by atoms with Crippen LogP contribution in [0.1, 0.15) is 244 Å². The summed E-state index contributed by atoms with van der Waals surface area (Å²) in [6, 6.07) is -9.99. The van der Waals surface area contributed by atoms with E-state index >= 15 is 4.79 Å². The Labute approximate surface area is 723 Å². The zero-order valence-electron chi connectivity index (χ0n) is 75.3. The first-order chi connectivity index (χ1) is 57.4. The highest BCUT2D eigenvalue weighted by Gasteiger charge is 2.40. The Morgan fingerprint density at radius 1 is 0.328 bits per heavy atom. The second-order valence-electron chi connectivity index (χ2n) is 34.8. The Morgan fingerprint density at radius 2 is 0.590 bits per heavy atom. The molecule has 37 nitrogen and oxygen atoms in total. The third kappa shape index (κ3) is 45.3.